The van der Waals surface area contributed by atoms with E-state index >= 15 is 0 Å². The number of rotatable bonds is 5. The molecule has 0 aromatic carbocycles. The number of hydrogen-bond donors (Lipinski definition) is 0. The monoisotopic (exact) mass is 363 g/mol. The van der Waals surface area contributed by atoms with Crippen molar-refractivity contribution < 1.29 is 0 Å². The SMILES string of the molecule is CN(C)c1cncc(N2CCCC(c3nccn3Cc3ccccn3)C2)n1. The van der Waals surface area contributed by atoms with Gasteiger partial charge in [-0.2, -0.15) is 0 Å². The number of hydrogen-bond acceptors (Lipinski definition) is 6. The maximum atomic E-state index is 4.75. The number of aromatic nitrogens is 5. The van der Waals surface area contributed by atoms with Crippen LogP contribution in [0.15, 0.2) is 49.2 Å². The zero-order chi connectivity index (χ0) is 18.6. The molecule has 3 aromatic rings. The third-order valence-corrected chi connectivity index (χ3v) is 4.98. The zero-order valence-electron chi connectivity index (χ0n) is 15.9. The molecular formula is C20H25N7. The fourth-order valence-electron chi connectivity index (χ4n) is 3.59. The highest BCUT2D eigenvalue weighted by Gasteiger charge is 2.26. The minimum absolute atomic E-state index is 0.377. The Morgan fingerprint density at radius 2 is 2.07 bits per heavy atom. The molecule has 1 unspecified atom stereocenters. The van der Waals surface area contributed by atoms with Crippen LogP contribution in [0.5, 0.6) is 0 Å². The quantitative estimate of drug-likeness (QED) is 0.694. The molecular weight excluding hydrogens is 338 g/mol. The van der Waals surface area contributed by atoms with Crippen LogP contribution in [0, 0.1) is 0 Å². The van der Waals surface area contributed by atoms with Crippen molar-refractivity contribution >= 4 is 11.6 Å². The lowest BCUT2D eigenvalue weighted by molar-refractivity contribution is 0.473. The van der Waals surface area contributed by atoms with Crippen LogP contribution < -0.4 is 9.80 Å². The third-order valence-electron chi connectivity index (χ3n) is 4.98. The van der Waals surface area contributed by atoms with Crippen LogP contribution in [0.3, 0.4) is 0 Å². The van der Waals surface area contributed by atoms with Crippen LogP contribution >= 0.6 is 0 Å². The molecule has 1 fully saturated rings. The molecule has 4 rings (SSSR count). The van der Waals surface area contributed by atoms with E-state index < -0.39 is 0 Å². The van der Waals surface area contributed by atoms with Crippen LogP contribution in [0.4, 0.5) is 11.6 Å². The molecule has 0 saturated carbocycles. The van der Waals surface area contributed by atoms with Crippen LogP contribution in [-0.4, -0.2) is 51.7 Å². The predicted octanol–water partition coefficient (Wildman–Crippen LogP) is 2.57. The molecule has 0 amide bonds. The van der Waals surface area contributed by atoms with Crippen LogP contribution in [0.25, 0.3) is 0 Å². The lowest BCUT2D eigenvalue weighted by atomic mass is 9.97. The van der Waals surface area contributed by atoms with Gasteiger partial charge in [0.05, 0.1) is 24.6 Å². The summed E-state index contributed by atoms with van der Waals surface area (Å²) >= 11 is 0. The minimum Gasteiger partial charge on any atom is -0.361 e. The first kappa shape index (κ1) is 17.5. The first-order valence-electron chi connectivity index (χ1n) is 9.36. The smallest absolute Gasteiger partial charge is 0.149 e. The van der Waals surface area contributed by atoms with Crippen molar-refractivity contribution in [3.05, 3.63) is 60.7 Å². The molecule has 1 atom stereocenters. The summed E-state index contributed by atoms with van der Waals surface area (Å²) in [7, 11) is 3.97. The van der Waals surface area contributed by atoms with Gasteiger partial charge in [0.2, 0.25) is 0 Å². The molecule has 1 aliphatic heterocycles. The number of pyridine rings is 1. The normalized spacial score (nSPS) is 17.1. The summed E-state index contributed by atoms with van der Waals surface area (Å²) in [5.41, 5.74) is 1.05. The van der Waals surface area contributed by atoms with Gasteiger partial charge in [0.1, 0.15) is 17.5 Å². The first-order valence-corrected chi connectivity index (χ1v) is 9.36. The van der Waals surface area contributed by atoms with E-state index in [0.29, 0.717) is 5.92 Å². The maximum absolute atomic E-state index is 4.75. The Bertz CT molecular complexity index is 875. The Morgan fingerprint density at radius 3 is 2.89 bits per heavy atom. The molecule has 0 N–H and O–H groups in total. The van der Waals surface area contributed by atoms with Crippen molar-refractivity contribution in [3.8, 4) is 0 Å². The summed E-state index contributed by atoms with van der Waals surface area (Å²) < 4.78 is 2.22. The van der Waals surface area contributed by atoms with Gasteiger partial charge in [0, 0.05) is 51.7 Å². The van der Waals surface area contributed by atoms with Gasteiger partial charge in [0.15, 0.2) is 0 Å². The topological polar surface area (TPSA) is 63.0 Å². The Balaban J connectivity index is 1.52. The average Bonchev–Trinajstić information content (AvgIpc) is 3.17. The van der Waals surface area contributed by atoms with Gasteiger partial charge in [0.25, 0.3) is 0 Å². The fourth-order valence-corrected chi connectivity index (χ4v) is 3.59. The van der Waals surface area contributed by atoms with Crippen molar-refractivity contribution in [1.82, 2.24) is 24.5 Å². The molecule has 7 nitrogen and oxygen atoms in total. The van der Waals surface area contributed by atoms with E-state index in [1.54, 1.807) is 6.20 Å². The number of anilines is 2. The second-order valence-electron chi connectivity index (χ2n) is 7.15. The van der Waals surface area contributed by atoms with Gasteiger partial charge in [-0.1, -0.05) is 6.07 Å². The highest BCUT2D eigenvalue weighted by Crippen LogP contribution is 2.29. The Kier molecular flexibility index (Phi) is 5.00. The van der Waals surface area contributed by atoms with E-state index in [1.807, 2.05) is 49.7 Å². The highest BCUT2D eigenvalue weighted by atomic mass is 15.2. The summed E-state index contributed by atoms with van der Waals surface area (Å²) in [4.78, 5) is 22.6. The summed E-state index contributed by atoms with van der Waals surface area (Å²) in [6, 6.07) is 6.02. The molecule has 7 heteroatoms. The van der Waals surface area contributed by atoms with E-state index in [9.17, 15) is 0 Å². The summed E-state index contributed by atoms with van der Waals surface area (Å²) in [6.45, 7) is 2.66. The third kappa shape index (κ3) is 3.92. The second-order valence-corrected chi connectivity index (χ2v) is 7.15. The van der Waals surface area contributed by atoms with E-state index in [0.717, 1.165) is 55.6 Å². The molecule has 0 spiro atoms. The maximum Gasteiger partial charge on any atom is 0.149 e. The predicted molar refractivity (Wildman–Crippen MR) is 106 cm³/mol. The number of piperidine rings is 1. The minimum atomic E-state index is 0.377. The second kappa shape index (κ2) is 7.73. The lowest BCUT2D eigenvalue weighted by Crippen LogP contribution is -2.36. The van der Waals surface area contributed by atoms with E-state index in [-0.39, 0.29) is 0 Å². The summed E-state index contributed by atoms with van der Waals surface area (Å²) in [5, 5.41) is 0. The van der Waals surface area contributed by atoms with Crippen LogP contribution in [-0.2, 0) is 6.54 Å². The van der Waals surface area contributed by atoms with E-state index in [1.165, 1.54) is 0 Å². The van der Waals surface area contributed by atoms with E-state index in [2.05, 4.69) is 36.7 Å². The van der Waals surface area contributed by atoms with Gasteiger partial charge >= 0.3 is 0 Å². The molecule has 0 aliphatic carbocycles. The molecule has 140 valence electrons. The lowest BCUT2D eigenvalue weighted by Gasteiger charge is -2.33. The van der Waals surface area contributed by atoms with Gasteiger partial charge in [-0.05, 0) is 25.0 Å². The van der Waals surface area contributed by atoms with Crippen molar-refractivity contribution in [3.63, 3.8) is 0 Å². The molecule has 0 radical (unpaired) electrons. The van der Waals surface area contributed by atoms with Crippen molar-refractivity contribution in [2.24, 2.45) is 0 Å². The molecule has 0 bridgehead atoms. The summed E-state index contributed by atoms with van der Waals surface area (Å²) in [5.74, 6) is 3.32. The van der Waals surface area contributed by atoms with E-state index in [4.69, 9.17) is 4.98 Å². The average molecular weight is 363 g/mol. The number of imidazole rings is 1. The van der Waals surface area contributed by atoms with Gasteiger partial charge in [-0.25, -0.2) is 9.97 Å². The van der Waals surface area contributed by atoms with Crippen molar-refractivity contribution in [2.75, 3.05) is 37.0 Å². The Labute approximate surface area is 159 Å². The fraction of sp³-hybridized carbons (Fsp3) is 0.400. The van der Waals surface area contributed by atoms with Crippen molar-refractivity contribution in [2.45, 2.75) is 25.3 Å². The Hall–Kier alpha value is -2.96. The van der Waals surface area contributed by atoms with Crippen LogP contribution in [0.2, 0.25) is 0 Å². The standard InChI is InChI=1S/C20H25N7/c1-25(2)18-12-21-13-19(24-18)26-10-5-6-16(14-26)20-23-9-11-27(20)15-17-7-3-4-8-22-17/h3-4,7-9,11-13,16H,5-6,10,14-15H2,1-2H3. The van der Waals surface area contributed by atoms with Gasteiger partial charge in [-0.3, -0.25) is 9.97 Å². The number of nitrogens with zero attached hydrogens (tertiary/aromatic N) is 7. The molecule has 4 heterocycles. The molecule has 1 saturated heterocycles. The molecule has 3 aromatic heterocycles. The Morgan fingerprint density at radius 1 is 1.15 bits per heavy atom. The first-order chi connectivity index (χ1) is 13.2. The van der Waals surface area contributed by atoms with Gasteiger partial charge < -0.3 is 14.4 Å². The largest absolute Gasteiger partial charge is 0.361 e. The highest BCUT2D eigenvalue weighted by molar-refractivity contribution is 5.45. The van der Waals surface area contributed by atoms with Crippen LogP contribution in [0.1, 0.15) is 30.3 Å². The van der Waals surface area contributed by atoms with Crippen molar-refractivity contribution in [1.29, 1.82) is 0 Å². The van der Waals surface area contributed by atoms with Gasteiger partial charge in [-0.15, -0.1) is 0 Å². The summed E-state index contributed by atoms with van der Waals surface area (Å²) in [6.07, 6.45) is 11.7. The molecule has 27 heavy (non-hydrogen) atoms. The zero-order valence-corrected chi connectivity index (χ0v) is 15.9. The molecule has 1 aliphatic rings.